The topological polar surface area (TPSA) is 136 Å². The molecule has 0 atom stereocenters. The van der Waals surface area contributed by atoms with E-state index in [0.717, 1.165) is 22.8 Å². The van der Waals surface area contributed by atoms with Crippen molar-refractivity contribution in [3.05, 3.63) is 98.7 Å². The van der Waals surface area contributed by atoms with Gasteiger partial charge in [0.2, 0.25) is 11.6 Å². The minimum absolute atomic E-state index is 0.149. The van der Waals surface area contributed by atoms with Crippen LogP contribution in [-0.4, -0.2) is 40.2 Å². The zero-order chi connectivity index (χ0) is 34.5. The van der Waals surface area contributed by atoms with Gasteiger partial charge in [0.05, 0.1) is 24.6 Å². The van der Waals surface area contributed by atoms with Gasteiger partial charge in [-0.15, -0.1) is 0 Å². The van der Waals surface area contributed by atoms with Gasteiger partial charge in [-0.1, -0.05) is 19.9 Å². The fraction of sp³-hybridized carbons (Fsp3) is 0.200. The second-order valence-electron chi connectivity index (χ2n) is 10.5. The van der Waals surface area contributed by atoms with Crippen LogP contribution in [0.5, 0.6) is 11.5 Å². The molecule has 10 nitrogen and oxygen atoms in total. The Kier molecular flexibility index (Phi) is 8.61. The van der Waals surface area contributed by atoms with E-state index in [-0.39, 0.29) is 12.5 Å². The fourth-order valence-electron chi connectivity index (χ4n) is 4.97. The number of sulfonamides is 1. The van der Waals surface area contributed by atoms with Crippen molar-refractivity contribution in [1.29, 1.82) is 0 Å². The lowest BCUT2D eigenvalue weighted by atomic mass is 9.99. The fourth-order valence-corrected chi connectivity index (χ4v) is 6.23. The Hall–Kier alpha value is -5.19. The van der Waals surface area contributed by atoms with Crippen LogP contribution in [0.4, 0.5) is 32.2 Å². The van der Waals surface area contributed by atoms with Crippen LogP contribution in [0.3, 0.4) is 0 Å². The van der Waals surface area contributed by atoms with E-state index in [1.54, 1.807) is 23.9 Å². The molecule has 0 spiro atoms. The largest absolute Gasteiger partial charge is 0.507 e. The number of nitrogens with zero attached hydrogens (tertiary/aromatic N) is 4. The molecule has 0 radical (unpaired) electrons. The first-order chi connectivity index (χ1) is 22.1. The SMILES string of the molecule is COc1c(F)c(F)c(F)c(F)c1S(=O)(=O)Nc1nc(=O)n(Cc2c(C)ccnc2C(C)C)c2nc(-c3c(O)cccc3F)c(F)cc12. The van der Waals surface area contributed by atoms with Gasteiger partial charge in [0.25, 0.3) is 10.0 Å². The van der Waals surface area contributed by atoms with E-state index in [1.807, 2.05) is 13.8 Å². The normalized spacial score (nSPS) is 11.8. The van der Waals surface area contributed by atoms with Gasteiger partial charge >= 0.3 is 5.69 Å². The van der Waals surface area contributed by atoms with Crippen LogP contribution < -0.4 is 15.1 Å². The predicted octanol–water partition coefficient (Wildman–Crippen LogP) is 5.68. The van der Waals surface area contributed by atoms with E-state index < -0.39 is 95.1 Å². The van der Waals surface area contributed by atoms with Gasteiger partial charge in [-0.25, -0.2) is 40.1 Å². The molecule has 0 fully saturated rings. The molecule has 0 unspecified atom stereocenters. The number of phenolic OH excluding ortho intramolecular Hbond substituents is 1. The Balaban J connectivity index is 1.82. The maximum absolute atomic E-state index is 15.7. The molecule has 246 valence electrons. The summed E-state index contributed by atoms with van der Waals surface area (Å²) in [5.41, 5.74) is -1.41. The number of hydrogen-bond donors (Lipinski definition) is 2. The number of aromatic hydroxyl groups is 1. The van der Waals surface area contributed by atoms with Gasteiger partial charge in [-0.3, -0.25) is 14.3 Å². The minimum Gasteiger partial charge on any atom is -0.507 e. The average molecular weight is 680 g/mol. The van der Waals surface area contributed by atoms with Crippen LogP contribution in [0.15, 0.2) is 46.2 Å². The lowest BCUT2D eigenvalue weighted by Crippen LogP contribution is -2.28. The molecule has 0 aliphatic carbocycles. The van der Waals surface area contributed by atoms with E-state index in [4.69, 9.17) is 0 Å². The number of methoxy groups -OCH3 is 1. The van der Waals surface area contributed by atoms with Gasteiger partial charge < -0.3 is 9.84 Å². The van der Waals surface area contributed by atoms with Gasteiger partial charge in [0.1, 0.15) is 22.9 Å². The second-order valence-corrected chi connectivity index (χ2v) is 12.1. The number of fused-ring (bicyclic) bond motifs is 1. The molecule has 0 bridgehead atoms. The highest BCUT2D eigenvalue weighted by atomic mass is 32.2. The molecule has 0 amide bonds. The van der Waals surface area contributed by atoms with Gasteiger partial charge in [0.15, 0.2) is 33.9 Å². The number of phenols is 1. The van der Waals surface area contributed by atoms with Crippen molar-refractivity contribution < 1.29 is 44.6 Å². The number of benzene rings is 2. The maximum Gasteiger partial charge on any atom is 0.351 e. The number of ether oxygens (including phenoxy) is 1. The first-order valence-electron chi connectivity index (χ1n) is 13.5. The Morgan fingerprint density at radius 2 is 1.66 bits per heavy atom. The summed E-state index contributed by atoms with van der Waals surface area (Å²) in [6.45, 7) is 5.10. The molecule has 0 aliphatic rings. The third-order valence-electron chi connectivity index (χ3n) is 7.21. The van der Waals surface area contributed by atoms with Crippen LogP contribution in [0.2, 0.25) is 0 Å². The molecule has 47 heavy (non-hydrogen) atoms. The van der Waals surface area contributed by atoms with E-state index in [2.05, 4.69) is 19.7 Å². The number of nitrogens with one attached hydrogen (secondary N) is 1. The Labute approximate surface area is 262 Å². The summed E-state index contributed by atoms with van der Waals surface area (Å²) in [6.07, 6.45) is 1.55. The predicted molar refractivity (Wildman–Crippen MR) is 157 cm³/mol. The van der Waals surface area contributed by atoms with Crippen molar-refractivity contribution in [3.8, 4) is 22.8 Å². The number of aryl methyl sites for hydroxylation is 1. The molecular weight excluding hydrogens is 656 g/mol. The third kappa shape index (κ3) is 5.70. The molecule has 3 heterocycles. The number of halogens is 6. The highest BCUT2D eigenvalue weighted by Gasteiger charge is 2.35. The summed E-state index contributed by atoms with van der Waals surface area (Å²) in [6, 6.07) is 5.38. The molecule has 5 rings (SSSR count). The van der Waals surface area contributed by atoms with Gasteiger partial charge in [-0.05, 0) is 48.2 Å². The molecule has 2 aromatic carbocycles. The average Bonchev–Trinajstić information content (AvgIpc) is 3.00. The van der Waals surface area contributed by atoms with E-state index in [0.29, 0.717) is 30.0 Å². The standard InChI is InChI=1S/C30H23F6N5O5S/c1-12(2)24-15(13(3)8-9-37-24)11-41-29-14(10-17(32)25(38-29)19-16(31)6-5-7-18(19)42)28(39-30(41)43)40-47(44,45)27-23(36)21(34)20(33)22(35)26(27)46-4/h5-10,12,42H,11H2,1-4H3,(H,39,40,43). The summed E-state index contributed by atoms with van der Waals surface area (Å²) < 4.78 is 121. The van der Waals surface area contributed by atoms with E-state index >= 15 is 4.39 Å². The molecule has 0 saturated carbocycles. The van der Waals surface area contributed by atoms with Crippen LogP contribution in [0, 0.1) is 41.8 Å². The van der Waals surface area contributed by atoms with Crippen molar-refractivity contribution in [2.45, 2.75) is 38.1 Å². The van der Waals surface area contributed by atoms with Gasteiger partial charge in [-0.2, -0.15) is 9.37 Å². The monoisotopic (exact) mass is 679 g/mol. The minimum atomic E-state index is -5.51. The molecule has 3 aromatic heterocycles. The Morgan fingerprint density at radius 3 is 2.30 bits per heavy atom. The first-order valence-corrected chi connectivity index (χ1v) is 15.0. The van der Waals surface area contributed by atoms with Crippen LogP contribution in [-0.2, 0) is 16.6 Å². The number of hydrogen-bond acceptors (Lipinski definition) is 8. The van der Waals surface area contributed by atoms with Crippen molar-refractivity contribution in [3.63, 3.8) is 0 Å². The maximum atomic E-state index is 15.7. The summed E-state index contributed by atoms with van der Waals surface area (Å²) in [4.78, 5) is 23.9. The molecule has 17 heteroatoms. The summed E-state index contributed by atoms with van der Waals surface area (Å²) in [5, 5.41) is 9.79. The molecule has 2 N–H and O–H groups in total. The first kappa shape index (κ1) is 33.2. The second kappa shape index (κ2) is 12.2. The van der Waals surface area contributed by atoms with Gasteiger partial charge in [0, 0.05) is 11.9 Å². The number of rotatable bonds is 8. The van der Waals surface area contributed by atoms with Crippen molar-refractivity contribution >= 4 is 26.9 Å². The molecular formula is C30H23F6N5O5S. The smallest absolute Gasteiger partial charge is 0.351 e. The zero-order valence-electron chi connectivity index (χ0n) is 24.8. The molecule has 0 saturated heterocycles. The Bertz CT molecular complexity index is 2240. The number of aromatic nitrogens is 4. The van der Waals surface area contributed by atoms with Crippen LogP contribution in [0.1, 0.15) is 36.6 Å². The molecule has 0 aliphatic heterocycles. The number of anilines is 1. The zero-order valence-corrected chi connectivity index (χ0v) is 25.6. The molecule has 5 aromatic rings. The Morgan fingerprint density at radius 1 is 0.979 bits per heavy atom. The van der Waals surface area contributed by atoms with Crippen molar-refractivity contribution in [2.75, 3.05) is 11.8 Å². The lowest BCUT2D eigenvalue weighted by molar-refractivity contribution is 0.328. The highest BCUT2D eigenvalue weighted by molar-refractivity contribution is 7.92. The summed E-state index contributed by atoms with van der Waals surface area (Å²) in [7, 11) is -4.85. The summed E-state index contributed by atoms with van der Waals surface area (Å²) in [5.74, 6) is -15.2. The van der Waals surface area contributed by atoms with Crippen LogP contribution in [0.25, 0.3) is 22.3 Å². The third-order valence-corrected chi connectivity index (χ3v) is 8.57. The summed E-state index contributed by atoms with van der Waals surface area (Å²) >= 11 is 0. The highest BCUT2D eigenvalue weighted by Crippen LogP contribution is 2.37. The van der Waals surface area contributed by atoms with Crippen molar-refractivity contribution in [2.24, 2.45) is 0 Å². The lowest BCUT2D eigenvalue weighted by Gasteiger charge is -2.19. The van der Waals surface area contributed by atoms with E-state index in [1.165, 1.54) is 0 Å². The quantitative estimate of drug-likeness (QED) is 0.121. The van der Waals surface area contributed by atoms with Crippen LogP contribution >= 0.6 is 0 Å². The number of pyridine rings is 2. The van der Waals surface area contributed by atoms with E-state index in [9.17, 15) is 40.3 Å². The van der Waals surface area contributed by atoms with Crippen molar-refractivity contribution in [1.82, 2.24) is 19.5 Å².